The highest BCUT2D eigenvalue weighted by molar-refractivity contribution is 5.80. The molecule has 25 heavy (non-hydrogen) atoms. The first-order valence-electron chi connectivity index (χ1n) is 9.31. The first kappa shape index (κ1) is 20.3. The van der Waals surface area contributed by atoms with Crippen molar-refractivity contribution in [1.82, 2.24) is 10.2 Å². The highest BCUT2D eigenvalue weighted by atomic mass is 19.4. The number of nitrogens with zero attached hydrogens (tertiary/aromatic N) is 2. The van der Waals surface area contributed by atoms with Gasteiger partial charge in [0.15, 0.2) is 5.96 Å². The van der Waals surface area contributed by atoms with Crippen LogP contribution in [0.3, 0.4) is 0 Å². The van der Waals surface area contributed by atoms with E-state index in [0.29, 0.717) is 19.1 Å². The lowest BCUT2D eigenvalue weighted by Crippen LogP contribution is -2.47. The topological polar surface area (TPSA) is 46.1 Å². The van der Waals surface area contributed by atoms with Crippen LogP contribution in [0.1, 0.15) is 45.4 Å². The van der Waals surface area contributed by atoms with E-state index >= 15 is 0 Å². The van der Waals surface area contributed by atoms with Crippen LogP contribution in [0.5, 0.6) is 0 Å². The summed E-state index contributed by atoms with van der Waals surface area (Å²) in [6.07, 6.45) is 0.476. The molecule has 0 aromatic heterocycles. The number of piperidine rings is 1. The number of hydrogen-bond acceptors (Lipinski definition) is 3. The zero-order valence-electron chi connectivity index (χ0n) is 15.0. The molecule has 0 aromatic rings. The predicted octanol–water partition coefficient (Wildman–Crippen LogP) is 2.95. The van der Waals surface area contributed by atoms with Gasteiger partial charge in [-0.25, -0.2) is 0 Å². The van der Waals surface area contributed by atoms with Crippen LogP contribution in [0.2, 0.25) is 0 Å². The zero-order valence-corrected chi connectivity index (χ0v) is 15.0. The summed E-state index contributed by atoms with van der Waals surface area (Å²) in [5, 5.41) is 3.08. The van der Waals surface area contributed by atoms with Crippen LogP contribution in [-0.2, 0) is 9.47 Å². The highest BCUT2D eigenvalue weighted by Crippen LogP contribution is 2.20. The van der Waals surface area contributed by atoms with E-state index in [1.165, 1.54) is 6.42 Å². The van der Waals surface area contributed by atoms with Crippen LogP contribution < -0.4 is 5.32 Å². The second-order valence-corrected chi connectivity index (χ2v) is 6.61. The van der Waals surface area contributed by atoms with Crippen molar-refractivity contribution in [3.8, 4) is 0 Å². The zero-order chi connectivity index (χ0) is 18.1. The van der Waals surface area contributed by atoms with Crippen molar-refractivity contribution in [2.24, 2.45) is 4.99 Å². The van der Waals surface area contributed by atoms with Crippen molar-refractivity contribution in [1.29, 1.82) is 0 Å². The van der Waals surface area contributed by atoms with Crippen molar-refractivity contribution in [2.75, 3.05) is 39.4 Å². The predicted molar refractivity (Wildman–Crippen MR) is 90.8 cm³/mol. The first-order valence-corrected chi connectivity index (χ1v) is 9.31. The van der Waals surface area contributed by atoms with Crippen LogP contribution in [-0.4, -0.2) is 68.6 Å². The summed E-state index contributed by atoms with van der Waals surface area (Å²) in [5.74, 6) is 0.570. The van der Waals surface area contributed by atoms with Gasteiger partial charge in [0.05, 0.1) is 31.8 Å². The standard InChI is InChI=1S/C17H30F3N3O2/c1-2-21-16(22-9-8-17(18,19)20)23-10-6-14(7-11-23)25-13-15-5-3-4-12-24-15/h14-15H,2-13H2,1H3,(H,21,22). The van der Waals surface area contributed by atoms with E-state index in [4.69, 9.17) is 9.47 Å². The molecule has 8 heteroatoms. The fourth-order valence-electron chi connectivity index (χ4n) is 3.13. The summed E-state index contributed by atoms with van der Waals surface area (Å²) in [7, 11) is 0. The number of rotatable bonds is 6. The number of halogens is 3. The molecule has 2 aliphatic rings. The molecule has 5 nitrogen and oxygen atoms in total. The second-order valence-electron chi connectivity index (χ2n) is 6.61. The van der Waals surface area contributed by atoms with E-state index in [0.717, 1.165) is 45.4 Å². The number of nitrogens with one attached hydrogen (secondary N) is 1. The van der Waals surface area contributed by atoms with Crippen LogP contribution in [0, 0.1) is 0 Å². The molecule has 0 bridgehead atoms. The lowest BCUT2D eigenvalue weighted by atomic mass is 10.1. The number of aliphatic imine (C=N–C) groups is 1. The van der Waals surface area contributed by atoms with Crippen molar-refractivity contribution in [2.45, 2.75) is 63.8 Å². The number of alkyl halides is 3. The average molecular weight is 365 g/mol. The van der Waals surface area contributed by atoms with Crippen LogP contribution in [0.4, 0.5) is 13.2 Å². The van der Waals surface area contributed by atoms with Gasteiger partial charge in [-0.3, -0.25) is 4.99 Å². The Hall–Kier alpha value is -1.02. The Morgan fingerprint density at radius 3 is 2.60 bits per heavy atom. The molecule has 0 saturated carbocycles. The molecule has 2 rings (SSSR count). The first-order chi connectivity index (χ1) is 12.0. The fourth-order valence-corrected chi connectivity index (χ4v) is 3.13. The van der Waals surface area contributed by atoms with Gasteiger partial charge in [0.25, 0.3) is 0 Å². The normalized spacial score (nSPS) is 23.8. The number of ether oxygens (including phenoxy) is 2. The summed E-state index contributed by atoms with van der Waals surface area (Å²) >= 11 is 0. The Labute approximate surface area is 147 Å². The van der Waals surface area contributed by atoms with Crippen LogP contribution >= 0.6 is 0 Å². The molecule has 2 fully saturated rings. The van der Waals surface area contributed by atoms with E-state index in [9.17, 15) is 13.2 Å². The van der Waals surface area contributed by atoms with Gasteiger partial charge in [-0.15, -0.1) is 0 Å². The molecule has 2 saturated heterocycles. The summed E-state index contributed by atoms with van der Waals surface area (Å²) in [4.78, 5) is 6.14. The smallest absolute Gasteiger partial charge is 0.376 e. The van der Waals surface area contributed by atoms with Gasteiger partial charge < -0.3 is 19.7 Å². The van der Waals surface area contributed by atoms with E-state index in [-0.39, 0.29) is 18.8 Å². The summed E-state index contributed by atoms with van der Waals surface area (Å²) in [6, 6.07) is 0. The minimum atomic E-state index is -4.16. The van der Waals surface area contributed by atoms with Gasteiger partial charge in [0.2, 0.25) is 0 Å². The molecule has 0 aliphatic carbocycles. The third-order valence-electron chi connectivity index (χ3n) is 4.53. The molecule has 0 aromatic carbocycles. The number of hydrogen-bond donors (Lipinski definition) is 1. The maximum atomic E-state index is 12.3. The largest absolute Gasteiger partial charge is 0.390 e. The molecule has 2 heterocycles. The SMILES string of the molecule is CCNC(=NCCC(F)(F)F)N1CCC(OCC2CCCCO2)CC1. The van der Waals surface area contributed by atoms with Crippen molar-refractivity contribution in [3.63, 3.8) is 0 Å². The number of likely N-dealkylation sites (tertiary alicyclic amines) is 1. The Morgan fingerprint density at radius 2 is 2.00 bits per heavy atom. The maximum Gasteiger partial charge on any atom is 0.390 e. The summed E-state index contributed by atoms with van der Waals surface area (Å²) in [6.45, 7) is 5.28. The molecule has 1 N–H and O–H groups in total. The molecular formula is C17H30F3N3O2. The van der Waals surface area contributed by atoms with Gasteiger partial charge in [-0.1, -0.05) is 0 Å². The van der Waals surface area contributed by atoms with E-state index in [2.05, 4.69) is 10.3 Å². The molecule has 146 valence electrons. The van der Waals surface area contributed by atoms with Crippen LogP contribution in [0.25, 0.3) is 0 Å². The summed E-state index contributed by atoms with van der Waals surface area (Å²) < 4.78 is 48.5. The van der Waals surface area contributed by atoms with Gasteiger partial charge in [0, 0.05) is 26.2 Å². The average Bonchev–Trinajstić information content (AvgIpc) is 2.60. The monoisotopic (exact) mass is 365 g/mol. The lowest BCUT2D eigenvalue weighted by Gasteiger charge is -2.35. The van der Waals surface area contributed by atoms with Crippen molar-refractivity contribution >= 4 is 5.96 Å². The molecule has 1 unspecified atom stereocenters. The molecular weight excluding hydrogens is 335 g/mol. The summed E-state index contributed by atoms with van der Waals surface area (Å²) in [5.41, 5.74) is 0. The van der Waals surface area contributed by atoms with E-state index in [1.54, 1.807) is 0 Å². The Morgan fingerprint density at radius 1 is 1.24 bits per heavy atom. The Balaban J connectivity index is 1.72. The van der Waals surface area contributed by atoms with Crippen molar-refractivity contribution in [3.05, 3.63) is 0 Å². The van der Waals surface area contributed by atoms with Gasteiger partial charge in [-0.05, 0) is 39.0 Å². The Bertz CT molecular complexity index is 404. The minimum absolute atomic E-state index is 0.194. The molecule has 0 amide bonds. The molecule has 1 atom stereocenters. The van der Waals surface area contributed by atoms with E-state index < -0.39 is 12.6 Å². The van der Waals surface area contributed by atoms with E-state index in [1.807, 2.05) is 11.8 Å². The lowest BCUT2D eigenvalue weighted by molar-refractivity contribution is -0.132. The third-order valence-corrected chi connectivity index (χ3v) is 4.53. The quantitative estimate of drug-likeness (QED) is 0.581. The van der Waals surface area contributed by atoms with Gasteiger partial charge >= 0.3 is 6.18 Å². The van der Waals surface area contributed by atoms with Crippen LogP contribution in [0.15, 0.2) is 4.99 Å². The number of guanidine groups is 1. The molecule has 2 aliphatic heterocycles. The molecule has 0 radical (unpaired) electrons. The second kappa shape index (κ2) is 10.2. The molecule has 0 spiro atoms. The third kappa shape index (κ3) is 7.81. The fraction of sp³-hybridized carbons (Fsp3) is 0.941. The van der Waals surface area contributed by atoms with Gasteiger partial charge in [-0.2, -0.15) is 13.2 Å². The van der Waals surface area contributed by atoms with Gasteiger partial charge in [0.1, 0.15) is 0 Å². The highest BCUT2D eigenvalue weighted by Gasteiger charge is 2.27. The Kier molecular flexibility index (Phi) is 8.29. The minimum Gasteiger partial charge on any atom is -0.376 e. The maximum absolute atomic E-state index is 12.3. The van der Waals surface area contributed by atoms with Crippen molar-refractivity contribution < 1.29 is 22.6 Å².